The van der Waals surface area contributed by atoms with Gasteiger partial charge in [0, 0.05) is 24.4 Å². The van der Waals surface area contributed by atoms with Crippen molar-refractivity contribution in [2.24, 2.45) is 0 Å². The lowest BCUT2D eigenvalue weighted by Crippen LogP contribution is -2.17. The summed E-state index contributed by atoms with van der Waals surface area (Å²) in [6, 6.07) is 26.1. The Morgan fingerprint density at radius 2 is 1.68 bits per heavy atom. The van der Waals surface area contributed by atoms with Gasteiger partial charge >= 0.3 is 0 Å². The van der Waals surface area contributed by atoms with Crippen LogP contribution in [-0.4, -0.2) is 39.1 Å². The quantitative estimate of drug-likeness (QED) is 0.219. The fourth-order valence-electron chi connectivity index (χ4n) is 3.30. The van der Waals surface area contributed by atoms with E-state index in [0.29, 0.717) is 19.8 Å². The van der Waals surface area contributed by atoms with Crippen molar-refractivity contribution in [3.8, 4) is 17.2 Å². The first kappa shape index (κ1) is 25.6. The molecule has 0 saturated carbocycles. The second kappa shape index (κ2) is 13.6. The molecular formula is C25H28ClN5O2S. The van der Waals surface area contributed by atoms with Crippen LogP contribution in [0.5, 0.6) is 11.5 Å². The van der Waals surface area contributed by atoms with Crippen LogP contribution < -0.4 is 14.8 Å². The van der Waals surface area contributed by atoms with E-state index in [1.807, 2.05) is 67.6 Å². The highest BCUT2D eigenvalue weighted by molar-refractivity contribution is 7.99. The molecule has 1 aromatic heterocycles. The molecule has 0 radical (unpaired) electrons. The minimum absolute atomic E-state index is 0. The standard InChI is InChI=1S/C25H27N5O2S.ClH/c1-2-31-23-15-9-12-21(24(23)32-19-20-10-5-3-6-11-20)18-26-16-17-33-25-27-28-29-30(25)22-13-7-4-8-14-22;/h3-15,26H,2,16-19H2,1H3;1H. The third kappa shape index (κ3) is 6.96. The maximum absolute atomic E-state index is 6.19. The van der Waals surface area contributed by atoms with Gasteiger partial charge in [-0.15, -0.1) is 17.5 Å². The molecule has 1 heterocycles. The molecular weight excluding hydrogens is 470 g/mol. The number of rotatable bonds is 12. The highest BCUT2D eigenvalue weighted by atomic mass is 35.5. The van der Waals surface area contributed by atoms with Crippen molar-refractivity contribution < 1.29 is 9.47 Å². The Hall–Kier alpha value is -3.07. The SMILES string of the molecule is CCOc1cccc(CNCCSc2nnnn2-c2ccccc2)c1OCc1ccccc1.Cl. The van der Waals surface area contributed by atoms with Crippen molar-refractivity contribution in [1.29, 1.82) is 0 Å². The third-order valence-corrected chi connectivity index (χ3v) is 5.77. The lowest BCUT2D eigenvalue weighted by Gasteiger charge is -2.16. The molecule has 0 atom stereocenters. The van der Waals surface area contributed by atoms with Crippen LogP contribution in [-0.2, 0) is 13.2 Å². The van der Waals surface area contributed by atoms with Crippen molar-refractivity contribution >= 4 is 24.2 Å². The summed E-state index contributed by atoms with van der Waals surface area (Å²) < 4.78 is 13.8. The molecule has 4 aromatic rings. The van der Waals surface area contributed by atoms with Gasteiger partial charge in [-0.25, -0.2) is 0 Å². The predicted molar refractivity (Wildman–Crippen MR) is 137 cm³/mol. The first-order valence-corrected chi connectivity index (χ1v) is 11.9. The van der Waals surface area contributed by atoms with E-state index < -0.39 is 0 Å². The summed E-state index contributed by atoms with van der Waals surface area (Å²) in [5.41, 5.74) is 3.14. The monoisotopic (exact) mass is 497 g/mol. The van der Waals surface area contributed by atoms with E-state index >= 15 is 0 Å². The summed E-state index contributed by atoms with van der Waals surface area (Å²) in [6.07, 6.45) is 0. The number of tetrazole rings is 1. The molecule has 0 fully saturated rings. The van der Waals surface area contributed by atoms with Crippen LogP contribution in [0.25, 0.3) is 5.69 Å². The fourth-order valence-corrected chi connectivity index (χ4v) is 4.09. The molecule has 0 spiro atoms. The van der Waals surface area contributed by atoms with Crippen molar-refractivity contribution in [1.82, 2.24) is 25.5 Å². The minimum Gasteiger partial charge on any atom is -0.490 e. The van der Waals surface area contributed by atoms with Gasteiger partial charge in [-0.1, -0.05) is 72.4 Å². The fraction of sp³-hybridized carbons (Fsp3) is 0.240. The predicted octanol–water partition coefficient (Wildman–Crippen LogP) is 4.94. The summed E-state index contributed by atoms with van der Waals surface area (Å²) in [5, 5.41) is 16.3. The first-order chi connectivity index (χ1) is 16.3. The largest absolute Gasteiger partial charge is 0.490 e. The third-order valence-electron chi connectivity index (χ3n) is 4.85. The number of ether oxygens (including phenoxy) is 2. The number of nitrogens with one attached hydrogen (secondary N) is 1. The van der Waals surface area contributed by atoms with E-state index in [-0.39, 0.29) is 12.4 Å². The average molecular weight is 498 g/mol. The number of aromatic nitrogens is 4. The molecule has 0 bridgehead atoms. The van der Waals surface area contributed by atoms with Crippen molar-refractivity contribution in [2.75, 3.05) is 18.9 Å². The zero-order valence-electron chi connectivity index (χ0n) is 19.0. The molecule has 9 heteroatoms. The maximum atomic E-state index is 6.19. The van der Waals surface area contributed by atoms with Crippen molar-refractivity contribution in [3.63, 3.8) is 0 Å². The van der Waals surface area contributed by atoms with E-state index in [1.54, 1.807) is 16.4 Å². The zero-order valence-corrected chi connectivity index (χ0v) is 20.6. The van der Waals surface area contributed by atoms with E-state index in [9.17, 15) is 0 Å². The van der Waals surface area contributed by atoms with Gasteiger partial charge in [-0.2, -0.15) is 4.68 Å². The number of halogens is 1. The molecule has 3 aromatic carbocycles. The summed E-state index contributed by atoms with van der Waals surface area (Å²) in [4.78, 5) is 0. The molecule has 178 valence electrons. The van der Waals surface area contributed by atoms with Gasteiger partial charge in [0.25, 0.3) is 0 Å². The Bertz CT molecular complexity index is 1130. The number of nitrogens with zero attached hydrogens (tertiary/aromatic N) is 4. The lowest BCUT2D eigenvalue weighted by molar-refractivity contribution is 0.266. The van der Waals surface area contributed by atoms with Crippen LogP contribution in [0.3, 0.4) is 0 Å². The normalized spacial score (nSPS) is 10.5. The summed E-state index contributed by atoms with van der Waals surface area (Å²) in [7, 11) is 0. The highest BCUT2D eigenvalue weighted by Crippen LogP contribution is 2.32. The number of benzene rings is 3. The van der Waals surface area contributed by atoms with E-state index in [0.717, 1.165) is 45.8 Å². The van der Waals surface area contributed by atoms with Crippen LogP contribution in [0.1, 0.15) is 18.1 Å². The molecule has 34 heavy (non-hydrogen) atoms. The van der Waals surface area contributed by atoms with Gasteiger partial charge in [0.2, 0.25) is 5.16 Å². The van der Waals surface area contributed by atoms with E-state index in [2.05, 4.69) is 39.0 Å². The lowest BCUT2D eigenvalue weighted by atomic mass is 10.1. The maximum Gasteiger partial charge on any atom is 0.214 e. The van der Waals surface area contributed by atoms with E-state index in [4.69, 9.17) is 9.47 Å². The van der Waals surface area contributed by atoms with Crippen LogP contribution in [0.4, 0.5) is 0 Å². The molecule has 7 nitrogen and oxygen atoms in total. The van der Waals surface area contributed by atoms with Crippen molar-refractivity contribution in [2.45, 2.75) is 25.2 Å². The van der Waals surface area contributed by atoms with Gasteiger partial charge in [-0.05, 0) is 41.1 Å². The molecule has 0 aliphatic carbocycles. The minimum atomic E-state index is 0. The smallest absolute Gasteiger partial charge is 0.214 e. The van der Waals surface area contributed by atoms with Crippen LogP contribution in [0.15, 0.2) is 84.0 Å². The molecule has 4 rings (SSSR count). The second-order valence-corrected chi connectivity index (χ2v) is 8.25. The number of hydrogen-bond acceptors (Lipinski definition) is 7. The van der Waals surface area contributed by atoms with Crippen LogP contribution >= 0.6 is 24.2 Å². The van der Waals surface area contributed by atoms with Gasteiger partial charge in [0.1, 0.15) is 6.61 Å². The molecule has 0 saturated heterocycles. The van der Waals surface area contributed by atoms with Crippen LogP contribution in [0.2, 0.25) is 0 Å². The summed E-state index contributed by atoms with van der Waals surface area (Å²) in [6.45, 7) is 4.53. The number of thioether (sulfide) groups is 1. The average Bonchev–Trinajstić information content (AvgIpc) is 3.33. The molecule has 0 aliphatic heterocycles. The Balaban J connectivity index is 0.00000324. The zero-order chi connectivity index (χ0) is 22.7. The molecule has 1 N–H and O–H groups in total. The Labute approximate surface area is 210 Å². The number of hydrogen-bond donors (Lipinski definition) is 1. The molecule has 0 amide bonds. The summed E-state index contributed by atoms with van der Waals surface area (Å²) in [5.74, 6) is 2.39. The summed E-state index contributed by atoms with van der Waals surface area (Å²) >= 11 is 1.62. The first-order valence-electron chi connectivity index (χ1n) is 10.9. The second-order valence-electron chi connectivity index (χ2n) is 7.19. The molecule has 0 aliphatic rings. The van der Waals surface area contributed by atoms with Gasteiger partial charge in [0.05, 0.1) is 12.3 Å². The van der Waals surface area contributed by atoms with Gasteiger partial charge < -0.3 is 14.8 Å². The van der Waals surface area contributed by atoms with E-state index in [1.165, 1.54) is 0 Å². The number of para-hydroxylation sites is 2. The Kier molecular flexibility index (Phi) is 10.2. The Morgan fingerprint density at radius 3 is 2.44 bits per heavy atom. The Morgan fingerprint density at radius 1 is 0.912 bits per heavy atom. The van der Waals surface area contributed by atoms with Crippen LogP contribution in [0, 0.1) is 0 Å². The highest BCUT2D eigenvalue weighted by Gasteiger charge is 2.12. The molecule has 0 unspecified atom stereocenters. The van der Waals surface area contributed by atoms with Gasteiger partial charge in [0.15, 0.2) is 11.5 Å². The van der Waals surface area contributed by atoms with Crippen molar-refractivity contribution in [3.05, 3.63) is 90.0 Å². The topological polar surface area (TPSA) is 74.1 Å². The van der Waals surface area contributed by atoms with Gasteiger partial charge in [-0.3, -0.25) is 0 Å².